The van der Waals surface area contributed by atoms with Crippen LogP contribution in [-0.2, 0) is 0 Å². The number of hydrogen-bond donors (Lipinski definition) is 2. The molecule has 0 unspecified atom stereocenters. The van der Waals surface area contributed by atoms with Crippen molar-refractivity contribution in [3.05, 3.63) is 12.2 Å². The maximum Gasteiger partial charge on any atom is 0.0707 e. The van der Waals surface area contributed by atoms with Gasteiger partial charge in [0.15, 0.2) is 0 Å². The second kappa shape index (κ2) is 1.32. The van der Waals surface area contributed by atoms with E-state index in [1.807, 2.05) is 12.2 Å². The molecule has 0 aliphatic heterocycles. The fraction of sp³-hybridized carbons (Fsp3) is 0.600. The molecule has 0 bridgehead atoms. The van der Waals surface area contributed by atoms with Crippen LogP contribution in [0.25, 0.3) is 0 Å². The molecule has 0 atom stereocenters. The van der Waals surface area contributed by atoms with Gasteiger partial charge in [-0.25, -0.2) is 0 Å². The van der Waals surface area contributed by atoms with E-state index in [0.29, 0.717) is 0 Å². The van der Waals surface area contributed by atoms with Crippen LogP contribution in [0, 0.1) is 0 Å². The first-order valence-electron chi connectivity index (χ1n) is 2.43. The average Bonchev–Trinajstić information content (AvgIpc) is 1.84. The van der Waals surface area contributed by atoms with Gasteiger partial charge in [-0.15, -0.1) is 0 Å². The highest BCUT2D eigenvalue weighted by molar-refractivity contribution is 5.03. The Morgan fingerprint density at radius 2 is 1.57 bits per heavy atom. The fourth-order valence-corrected chi connectivity index (χ4v) is 0.689. The Hall–Kier alpha value is -0.340. The highest BCUT2D eigenvalue weighted by atomic mass is 14.9. The van der Waals surface area contributed by atoms with Crippen LogP contribution >= 0.6 is 0 Å². The van der Waals surface area contributed by atoms with Gasteiger partial charge in [-0.1, -0.05) is 12.2 Å². The predicted molar refractivity (Wildman–Crippen MR) is 29.5 cm³/mol. The third-order valence-electron chi connectivity index (χ3n) is 1.16. The lowest BCUT2D eigenvalue weighted by atomic mass is 10.1. The quantitative estimate of drug-likeness (QED) is 0.329. The van der Waals surface area contributed by atoms with Gasteiger partial charge in [0.1, 0.15) is 0 Å². The van der Waals surface area contributed by atoms with Crippen LogP contribution in [0.15, 0.2) is 12.2 Å². The molecule has 1 rings (SSSR count). The maximum absolute atomic E-state index is 5.49. The molecule has 4 N–H and O–H groups in total. The molecule has 0 radical (unpaired) electrons. The SMILES string of the molecule is NC1(N)CC=CC1. The van der Waals surface area contributed by atoms with Crippen molar-refractivity contribution >= 4 is 0 Å². The number of nitrogens with two attached hydrogens (primary N) is 2. The van der Waals surface area contributed by atoms with Crippen LogP contribution in [0.4, 0.5) is 0 Å². The molecule has 2 heteroatoms. The smallest absolute Gasteiger partial charge is 0.0707 e. The molecule has 0 saturated heterocycles. The van der Waals surface area contributed by atoms with Gasteiger partial charge in [0.25, 0.3) is 0 Å². The van der Waals surface area contributed by atoms with Crippen LogP contribution in [-0.4, -0.2) is 5.66 Å². The second-order valence-corrected chi connectivity index (χ2v) is 2.11. The van der Waals surface area contributed by atoms with Gasteiger partial charge in [0.2, 0.25) is 0 Å². The van der Waals surface area contributed by atoms with Crippen molar-refractivity contribution in [3.63, 3.8) is 0 Å². The van der Waals surface area contributed by atoms with Crippen LogP contribution in [0.2, 0.25) is 0 Å². The molecule has 0 amide bonds. The van der Waals surface area contributed by atoms with E-state index in [2.05, 4.69) is 0 Å². The summed E-state index contributed by atoms with van der Waals surface area (Å²) < 4.78 is 0. The summed E-state index contributed by atoms with van der Waals surface area (Å²) in [4.78, 5) is 0. The highest BCUT2D eigenvalue weighted by Crippen LogP contribution is 2.12. The summed E-state index contributed by atoms with van der Waals surface area (Å²) in [5.41, 5.74) is 10.6. The minimum Gasteiger partial charge on any atom is -0.313 e. The van der Waals surface area contributed by atoms with E-state index in [-0.39, 0.29) is 0 Å². The van der Waals surface area contributed by atoms with Gasteiger partial charge in [-0.2, -0.15) is 0 Å². The van der Waals surface area contributed by atoms with Crippen molar-refractivity contribution in [2.45, 2.75) is 18.5 Å². The number of hydrogen-bond acceptors (Lipinski definition) is 2. The summed E-state index contributed by atoms with van der Waals surface area (Å²) in [5.74, 6) is 0. The van der Waals surface area contributed by atoms with Crippen LogP contribution in [0.5, 0.6) is 0 Å². The lowest BCUT2D eigenvalue weighted by Crippen LogP contribution is -2.46. The molecule has 2 nitrogen and oxygen atoms in total. The van der Waals surface area contributed by atoms with E-state index in [4.69, 9.17) is 11.5 Å². The molecule has 0 saturated carbocycles. The first-order valence-corrected chi connectivity index (χ1v) is 2.43. The third-order valence-corrected chi connectivity index (χ3v) is 1.16. The van der Waals surface area contributed by atoms with Crippen molar-refractivity contribution in [2.24, 2.45) is 11.5 Å². The normalized spacial score (nSPS) is 26.0. The van der Waals surface area contributed by atoms with Gasteiger partial charge in [0, 0.05) is 0 Å². The van der Waals surface area contributed by atoms with Crippen molar-refractivity contribution in [3.8, 4) is 0 Å². The fourth-order valence-electron chi connectivity index (χ4n) is 0.689. The van der Waals surface area contributed by atoms with Gasteiger partial charge in [-0.3, -0.25) is 0 Å². The van der Waals surface area contributed by atoms with Gasteiger partial charge in [-0.05, 0) is 12.8 Å². The molecular formula is C5H10N2. The topological polar surface area (TPSA) is 52.0 Å². The first-order chi connectivity index (χ1) is 3.21. The van der Waals surface area contributed by atoms with Crippen molar-refractivity contribution in [2.75, 3.05) is 0 Å². The molecule has 0 aromatic rings. The van der Waals surface area contributed by atoms with Crippen molar-refractivity contribution in [1.82, 2.24) is 0 Å². The zero-order chi connectivity index (χ0) is 5.33. The van der Waals surface area contributed by atoms with Crippen molar-refractivity contribution < 1.29 is 0 Å². The molecule has 7 heavy (non-hydrogen) atoms. The Bertz CT molecular complexity index is 84.3. The Morgan fingerprint density at radius 1 is 1.14 bits per heavy atom. The molecule has 0 spiro atoms. The standard InChI is InChI=1S/C5H10N2/c6-5(7)3-1-2-4-5/h1-2H,3-4,6-7H2. The van der Waals surface area contributed by atoms with Crippen LogP contribution in [0.3, 0.4) is 0 Å². The first kappa shape index (κ1) is 4.81. The number of rotatable bonds is 0. The Morgan fingerprint density at radius 3 is 1.71 bits per heavy atom. The van der Waals surface area contributed by atoms with E-state index >= 15 is 0 Å². The summed E-state index contributed by atoms with van der Waals surface area (Å²) in [6, 6.07) is 0. The zero-order valence-corrected chi connectivity index (χ0v) is 4.22. The largest absolute Gasteiger partial charge is 0.313 e. The Kier molecular flexibility index (Phi) is 0.905. The minimum atomic E-state index is -0.417. The molecule has 40 valence electrons. The molecule has 0 fully saturated rings. The zero-order valence-electron chi connectivity index (χ0n) is 4.22. The van der Waals surface area contributed by atoms with E-state index < -0.39 is 5.66 Å². The van der Waals surface area contributed by atoms with E-state index in [9.17, 15) is 0 Å². The Balaban J connectivity index is 2.49. The van der Waals surface area contributed by atoms with Crippen LogP contribution < -0.4 is 11.5 Å². The molecular weight excluding hydrogens is 88.1 g/mol. The molecule has 1 aliphatic carbocycles. The molecule has 1 aliphatic rings. The summed E-state index contributed by atoms with van der Waals surface area (Å²) >= 11 is 0. The van der Waals surface area contributed by atoms with E-state index in [1.165, 1.54) is 0 Å². The van der Waals surface area contributed by atoms with Crippen LogP contribution in [0.1, 0.15) is 12.8 Å². The second-order valence-electron chi connectivity index (χ2n) is 2.11. The highest BCUT2D eigenvalue weighted by Gasteiger charge is 2.18. The summed E-state index contributed by atoms with van der Waals surface area (Å²) in [5, 5.41) is 0. The lowest BCUT2D eigenvalue weighted by molar-refractivity contribution is 0.477. The van der Waals surface area contributed by atoms with E-state index in [1.54, 1.807) is 0 Å². The third kappa shape index (κ3) is 1.01. The summed E-state index contributed by atoms with van der Waals surface area (Å²) in [6.45, 7) is 0. The predicted octanol–water partition coefficient (Wildman–Crippen LogP) is -0.0499. The van der Waals surface area contributed by atoms with Gasteiger partial charge in [0.05, 0.1) is 5.66 Å². The maximum atomic E-state index is 5.49. The molecule has 0 aromatic heterocycles. The monoisotopic (exact) mass is 98.1 g/mol. The van der Waals surface area contributed by atoms with Crippen molar-refractivity contribution in [1.29, 1.82) is 0 Å². The average molecular weight is 98.1 g/mol. The Labute approximate surface area is 43.2 Å². The minimum absolute atomic E-state index is 0.417. The molecule has 0 aromatic carbocycles. The summed E-state index contributed by atoms with van der Waals surface area (Å²) in [7, 11) is 0. The van der Waals surface area contributed by atoms with Gasteiger partial charge < -0.3 is 11.5 Å². The lowest BCUT2D eigenvalue weighted by Gasteiger charge is -2.14. The molecule has 0 heterocycles. The van der Waals surface area contributed by atoms with E-state index in [0.717, 1.165) is 12.8 Å². The summed E-state index contributed by atoms with van der Waals surface area (Å²) in [6.07, 6.45) is 5.68. The van der Waals surface area contributed by atoms with Gasteiger partial charge >= 0.3 is 0 Å².